The lowest BCUT2D eigenvalue weighted by Crippen LogP contribution is -2.53. The van der Waals surface area contributed by atoms with Gasteiger partial charge in [0.25, 0.3) is 11.8 Å². The number of rotatable bonds is 5. The summed E-state index contributed by atoms with van der Waals surface area (Å²) in [5.74, 6) is -0.607. The lowest BCUT2D eigenvalue weighted by molar-refractivity contribution is 0.0323. The predicted octanol–water partition coefficient (Wildman–Crippen LogP) is 3.24. The summed E-state index contributed by atoms with van der Waals surface area (Å²) in [5.41, 5.74) is 1.78. The Hall–Kier alpha value is -3.15. The van der Waals surface area contributed by atoms with E-state index in [1.807, 2.05) is 30.3 Å². The fourth-order valence-corrected chi connectivity index (χ4v) is 3.92. The van der Waals surface area contributed by atoms with Gasteiger partial charge in [0.15, 0.2) is 0 Å². The smallest absolute Gasteiger partial charge is 0.407 e. The van der Waals surface area contributed by atoms with Gasteiger partial charge in [-0.1, -0.05) is 42.5 Å². The molecule has 27 heavy (non-hydrogen) atoms. The Morgan fingerprint density at radius 1 is 0.963 bits per heavy atom. The van der Waals surface area contributed by atoms with Crippen LogP contribution in [0.2, 0.25) is 0 Å². The topological polar surface area (TPSA) is 77.9 Å². The molecular weight excluding hydrogens is 344 g/mol. The van der Waals surface area contributed by atoms with Crippen molar-refractivity contribution in [1.82, 2.24) is 9.80 Å². The van der Waals surface area contributed by atoms with Crippen molar-refractivity contribution in [2.24, 2.45) is 5.92 Å². The second-order valence-electron chi connectivity index (χ2n) is 7.07. The molecule has 0 bridgehead atoms. The number of amides is 3. The number of benzene rings is 2. The Morgan fingerprint density at radius 2 is 1.56 bits per heavy atom. The molecular formula is C21H20N2O4. The Labute approximate surface area is 157 Å². The number of hydrogen-bond acceptors (Lipinski definition) is 3. The first kappa shape index (κ1) is 17.3. The normalized spacial score (nSPS) is 21.0. The molecule has 2 aliphatic rings. The van der Waals surface area contributed by atoms with Crippen LogP contribution in [0.1, 0.15) is 39.1 Å². The van der Waals surface area contributed by atoms with Crippen molar-refractivity contribution in [2.75, 3.05) is 6.54 Å². The van der Waals surface area contributed by atoms with E-state index in [0.717, 1.165) is 18.4 Å². The fourth-order valence-electron chi connectivity index (χ4n) is 3.92. The van der Waals surface area contributed by atoms with Crippen molar-refractivity contribution in [3.05, 3.63) is 71.3 Å². The minimum absolute atomic E-state index is 0.0352. The summed E-state index contributed by atoms with van der Waals surface area (Å²) in [5, 5.41) is 9.67. The van der Waals surface area contributed by atoms with E-state index in [4.69, 9.17) is 0 Å². The van der Waals surface area contributed by atoms with E-state index in [-0.39, 0.29) is 30.3 Å². The van der Waals surface area contributed by atoms with Crippen LogP contribution < -0.4 is 0 Å². The molecule has 3 amide bonds. The molecule has 1 aliphatic heterocycles. The van der Waals surface area contributed by atoms with Gasteiger partial charge in [0.2, 0.25) is 0 Å². The van der Waals surface area contributed by atoms with Gasteiger partial charge >= 0.3 is 6.09 Å². The van der Waals surface area contributed by atoms with Crippen LogP contribution in [0.4, 0.5) is 4.79 Å². The van der Waals surface area contributed by atoms with Gasteiger partial charge in [-0.2, -0.15) is 0 Å². The second-order valence-corrected chi connectivity index (χ2v) is 7.07. The highest BCUT2D eigenvalue weighted by Crippen LogP contribution is 2.35. The van der Waals surface area contributed by atoms with Crippen LogP contribution in [0.3, 0.4) is 0 Å². The SMILES string of the molecule is O=C1c2ccccc2C(=O)N1C[C@H]1CC[C@@H]1N(Cc1ccccc1)C(=O)O. The van der Waals surface area contributed by atoms with E-state index in [2.05, 4.69) is 0 Å². The van der Waals surface area contributed by atoms with E-state index >= 15 is 0 Å². The molecule has 6 nitrogen and oxygen atoms in total. The minimum atomic E-state index is -0.976. The van der Waals surface area contributed by atoms with E-state index < -0.39 is 6.09 Å². The molecule has 1 fully saturated rings. The highest BCUT2D eigenvalue weighted by atomic mass is 16.4. The van der Waals surface area contributed by atoms with Crippen LogP contribution in [0.25, 0.3) is 0 Å². The predicted molar refractivity (Wildman–Crippen MR) is 98.3 cm³/mol. The Bertz CT molecular complexity index is 861. The monoisotopic (exact) mass is 364 g/mol. The van der Waals surface area contributed by atoms with Crippen LogP contribution in [-0.2, 0) is 6.54 Å². The maximum absolute atomic E-state index is 12.6. The van der Waals surface area contributed by atoms with Crippen molar-refractivity contribution in [1.29, 1.82) is 0 Å². The molecule has 6 heteroatoms. The Kier molecular flexibility index (Phi) is 4.39. The van der Waals surface area contributed by atoms with Gasteiger partial charge < -0.3 is 10.0 Å². The highest BCUT2D eigenvalue weighted by Gasteiger charge is 2.43. The lowest BCUT2D eigenvalue weighted by Gasteiger charge is -2.44. The molecule has 1 saturated carbocycles. The van der Waals surface area contributed by atoms with Gasteiger partial charge in [0, 0.05) is 19.1 Å². The Balaban J connectivity index is 1.48. The molecule has 1 aliphatic carbocycles. The molecule has 4 rings (SSSR count). The Morgan fingerprint density at radius 3 is 2.07 bits per heavy atom. The van der Waals surface area contributed by atoms with Crippen molar-refractivity contribution >= 4 is 17.9 Å². The molecule has 2 aromatic rings. The summed E-state index contributed by atoms with van der Waals surface area (Å²) in [6.45, 7) is 0.565. The third-order valence-electron chi connectivity index (χ3n) is 5.51. The van der Waals surface area contributed by atoms with Gasteiger partial charge in [-0.15, -0.1) is 0 Å². The van der Waals surface area contributed by atoms with Crippen LogP contribution in [-0.4, -0.2) is 45.4 Å². The number of carboxylic acid groups (broad SMARTS) is 1. The number of imide groups is 1. The summed E-state index contributed by atoms with van der Waals surface area (Å²) in [4.78, 5) is 39.6. The van der Waals surface area contributed by atoms with Crippen molar-refractivity contribution in [3.8, 4) is 0 Å². The zero-order valence-electron chi connectivity index (χ0n) is 14.7. The van der Waals surface area contributed by atoms with E-state index in [0.29, 0.717) is 17.7 Å². The standard InChI is InChI=1S/C21H20N2O4/c24-19-16-8-4-5-9-17(16)20(25)23(19)13-15-10-11-18(15)22(21(26)27)12-14-6-2-1-3-7-14/h1-9,15,18H,10-13H2,(H,26,27)/t15-,18+/m1/s1. The molecule has 0 unspecified atom stereocenters. The largest absolute Gasteiger partial charge is 0.465 e. The summed E-state index contributed by atoms with van der Waals surface area (Å²) in [7, 11) is 0. The first-order valence-electron chi connectivity index (χ1n) is 9.05. The number of fused-ring (bicyclic) bond motifs is 1. The van der Waals surface area contributed by atoms with Crippen LogP contribution in [0.5, 0.6) is 0 Å². The zero-order valence-corrected chi connectivity index (χ0v) is 14.7. The summed E-state index contributed by atoms with van der Waals surface area (Å²) in [6, 6.07) is 16.1. The first-order chi connectivity index (χ1) is 13.1. The van der Waals surface area contributed by atoms with E-state index in [9.17, 15) is 19.5 Å². The summed E-state index contributed by atoms with van der Waals surface area (Å²) < 4.78 is 0. The third kappa shape index (κ3) is 3.07. The van der Waals surface area contributed by atoms with E-state index in [1.165, 1.54) is 9.80 Å². The third-order valence-corrected chi connectivity index (χ3v) is 5.51. The van der Waals surface area contributed by atoms with Gasteiger partial charge in [-0.25, -0.2) is 4.79 Å². The number of hydrogen-bond donors (Lipinski definition) is 1. The second kappa shape index (κ2) is 6.87. The molecule has 0 saturated heterocycles. The zero-order chi connectivity index (χ0) is 19.0. The first-order valence-corrected chi connectivity index (χ1v) is 9.05. The molecule has 0 radical (unpaired) electrons. The molecule has 0 aromatic heterocycles. The number of carbonyl (C=O) groups excluding carboxylic acids is 2. The van der Waals surface area contributed by atoms with E-state index in [1.54, 1.807) is 24.3 Å². The molecule has 138 valence electrons. The number of carbonyl (C=O) groups is 3. The summed E-state index contributed by atoms with van der Waals surface area (Å²) >= 11 is 0. The fraction of sp³-hybridized carbons (Fsp3) is 0.286. The molecule has 1 N–H and O–H groups in total. The summed E-state index contributed by atoms with van der Waals surface area (Å²) in [6.07, 6.45) is 0.569. The van der Waals surface area contributed by atoms with Gasteiger partial charge in [0.1, 0.15) is 0 Å². The number of nitrogens with zero attached hydrogens (tertiary/aromatic N) is 2. The van der Waals surface area contributed by atoms with Crippen LogP contribution >= 0.6 is 0 Å². The average Bonchev–Trinajstić information content (AvgIpc) is 2.90. The maximum Gasteiger partial charge on any atom is 0.407 e. The quantitative estimate of drug-likeness (QED) is 0.826. The molecule has 1 heterocycles. The average molecular weight is 364 g/mol. The van der Waals surface area contributed by atoms with Crippen LogP contribution in [0.15, 0.2) is 54.6 Å². The van der Waals surface area contributed by atoms with Crippen molar-refractivity contribution in [2.45, 2.75) is 25.4 Å². The minimum Gasteiger partial charge on any atom is -0.465 e. The molecule has 0 spiro atoms. The van der Waals surface area contributed by atoms with Crippen molar-refractivity contribution < 1.29 is 19.5 Å². The maximum atomic E-state index is 12.6. The van der Waals surface area contributed by atoms with Gasteiger partial charge in [0.05, 0.1) is 11.1 Å². The molecule has 2 aromatic carbocycles. The van der Waals surface area contributed by atoms with Gasteiger partial charge in [-0.05, 0) is 36.5 Å². The lowest BCUT2D eigenvalue weighted by atomic mass is 9.78. The van der Waals surface area contributed by atoms with Crippen molar-refractivity contribution in [3.63, 3.8) is 0 Å². The molecule has 2 atom stereocenters. The highest BCUT2D eigenvalue weighted by molar-refractivity contribution is 6.21. The van der Waals surface area contributed by atoms with Gasteiger partial charge in [-0.3, -0.25) is 14.5 Å². The van der Waals surface area contributed by atoms with Crippen LogP contribution in [0, 0.1) is 5.92 Å².